The van der Waals surface area contributed by atoms with Crippen molar-refractivity contribution >= 4 is 5.97 Å². The number of aromatic hydroxyl groups is 1. The average molecular weight is 194 g/mol. The molecule has 74 valence electrons. The van der Waals surface area contributed by atoms with E-state index in [1.54, 1.807) is 12.1 Å². The summed E-state index contributed by atoms with van der Waals surface area (Å²) in [5.41, 5.74) is 0. The van der Waals surface area contributed by atoms with Gasteiger partial charge in [0, 0.05) is 6.08 Å². The Bertz CT molecular complexity index is 315. The SMILES string of the molecule is C=CC(=O)OCOc1ccc(O)cc1. The summed E-state index contributed by atoms with van der Waals surface area (Å²) >= 11 is 0. The first-order valence-corrected chi connectivity index (χ1v) is 3.93. The first kappa shape index (κ1) is 10.1. The molecule has 0 aliphatic carbocycles. The van der Waals surface area contributed by atoms with E-state index in [4.69, 9.17) is 9.84 Å². The Kier molecular flexibility index (Phi) is 3.55. The van der Waals surface area contributed by atoms with Crippen molar-refractivity contribution < 1.29 is 19.4 Å². The molecule has 0 amide bonds. The number of esters is 1. The summed E-state index contributed by atoms with van der Waals surface area (Å²) in [6.45, 7) is 3.06. The molecule has 0 saturated carbocycles. The number of hydrogen-bond acceptors (Lipinski definition) is 4. The number of carbonyl (C=O) groups is 1. The van der Waals surface area contributed by atoms with E-state index in [0.717, 1.165) is 6.08 Å². The highest BCUT2D eigenvalue weighted by atomic mass is 16.7. The number of benzene rings is 1. The zero-order valence-electron chi connectivity index (χ0n) is 7.47. The molecule has 0 aliphatic heterocycles. The predicted molar refractivity (Wildman–Crippen MR) is 49.9 cm³/mol. The van der Waals surface area contributed by atoms with Crippen molar-refractivity contribution in [3.63, 3.8) is 0 Å². The summed E-state index contributed by atoms with van der Waals surface area (Å²) in [6, 6.07) is 6.09. The van der Waals surface area contributed by atoms with Gasteiger partial charge in [0.05, 0.1) is 0 Å². The molecule has 0 radical (unpaired) electrons. The highest BCUT2D eigenvalue weighted by Crippen LogP contribution is 2.15. The Morgan fingerprint density at radius 2 is 2.07 bits per heavy atom. The number of carbonyl (C=O) groups excluding carboxylic acids is 1. The summed E-state index contributed by atoms with van der Waals surface area (Å²) in [4.78, 5) is 10.6. The summed E-state index contributed by atoms with van der Waals surface area (Å²) in [5.74, 6) is 0.129. The molecule has 0 saturated heterocycles. The molecular formula is C10H10O4. The van der Waals surface area contributed by atoms with Crippen LogP contribution in [0.1, 0.15) is 0 Å². The van der Waals surface area contributed by atoms with Gasteiger partial charge in [-0.15, -0.1) is 0 Å². The van der Waals surface area contributed by atoms with Crippen LogP contribution in [0.25, 0.3) is 0 Å². The van der Waals surface area contributed by atoms with Gasteiger partial charge in [-0.1, -0.05) is 6.58 Å². The average Bonchev–Trinajstić information content (AvgIpc) is 2.21. The van der Waals surface area contributed by atoms with E-state index >= 15 is 0 Å². The van der Waals surface area contributed by atoms with E-state index < -0.39 is 5.97 Å². The zero-order valence-corrected chi connectivity index (χ0v) is 7.47. The molecule has 0 atom stereocenters. The molecule has 1 N–H and O–H groups in total. The molecule has 1 aromatic rings. The Labute approximate surface area is 81.4 Å². The molecule has 0 fully saturated rings. The number of hydrogen-bond donors (Lipinski definition) is 1. The largest absolute Gasteiger partial charge is 0.508 e. The van der Waals surface area contributed by atoms with Crippen molar-refractivity contribution in [2.75, 3.05) is 6.79 Å². The third-order valence-electron chi connectivity index (χ3n) is 1.43. The van der Waals surface area contributed by atoms with Crippen molar-refractivity contribution in [2.24, 2.45) is 0 Å². The lowest BCUT2D eigenvalue weighted by molar-refractivity contribution is -0.144. The number of ether oxygens (including phenoxy) is 2. The fraction of sp³-hybridized carbons (Fsp3) is 0.100. The van der Waals surface area contributed by atoms with Gasteiger partial charge in [0.25, 0.3) is 0 Å². The van der Waals surface area contributed by atoms with Crippen LogP contribution in [-0.4, -0.2) is 17.9 Å². The summed E-state index contributed by atoms with van der Waals surface area (Å²) in [6.07, 6.45) is 1.06. The highest BCUT2D eigenvalue weighted by Gasteiger charge is 1.96. The molecule has 0 bridgehead atoms. The normalized spacial score (nSPS) is 9.14. The van der Waals surface area contributed by atoms with Crippen LogP contribution in [0.5, 0.6) is 11.5 Å². The maximum atomic E-state index is 10.6. The minimum absolute atomic E-state index is 0.153. The molecule has 4 heteroatoms. The van der Waals surface area contributed by atoms with E-state index in [9.17, 15) is 4.79 Å². The van der Waals surface area contributed by atoms with Crippen LogP contribution in [0.2, 0.25) is 0 Å². The van der Waals surface area contributed by atoms with Gasteiger partial charge in [0.1, 0.15) is 11.5 Å². The fourth-order valence-electron chi connectivity index (χ4n) is 0.757. The number of rotatable bonds is 4. The number of phenolic OH excluding ortho intramolecular Hbond substituents is 1. The Morgan fingerprint density at radius 3 is 2.64 bits per heavy atom. The van der Waals surface area contributed by atoms with Crippen molar-refractivity contribution in [2.45, 2.75) is 0 Å². The lowest BCUT2D eigenvalue weighted by Gasteiger charge is -2.05. The van der Waals surface area contributed by atoms with Crippen LogP contribution >= 0.6 is 0 Å². The second kappa shape index (κ2) is 4.91. The van der Waals surface area contributed by atoms with Crippen molar-refractivity contribution in [3.8, 4) is 11.5 Å². The monoisotopic (exact) mass is 194 g/mol. The predicted octanol–water partition coefficient (Wildman–Crippen LogP) is 1.46. The smallest absolute Gasteiger partial charge is 0.333 e. The molecule has 1 aromatic carbocycles. The Balaban J connectivity index is 2.35. The third kappa shape index (κ3) is 3.18. The second-order valence-corrected chi connectivity index (χ2v) is 2.42. The van der Waals surface area contributed by atoms with Gasteiger partial charge in [0.2, 0.25) is 6.79 Å². The molecule has 14 heavy (non-hydrogen) atoms. The molecule has 0 aliphatic rings. The minimum Gasteiger partial charge on any atom is -0.508 e. The lowest BCUT2D eigenvalue weighted by atomic mass is 10.3. The van der Waals surface area contributed by atoms with Gasteiger partial charge in [0.15, 0.2) is 0 Å². The molecular weight excluding hydrogens is 184 g/mol. The molecule has 0 spiro atoms. The second-order valence-electron chi connectivity index (χ2n) is 2.42. The van der Waals surface area contributed by atoms with Gasteiger partial charge < -0.3 is 14.6 Å². The third-order valence-corrected chi connectivity index (χ3v) is 1.43. The molecule has 1 rings (SSSR count). The Hall–Kier alpha value is -1.97. The fourth-order valence-corrected chi connectivity index (χ4v) is 0.757. The zero-order chi connectivity index (χ0) is 10.4. The van der Waals surface area contributed by atoms with Crippen LogP contribution in [0.4, 0.5) is 0 Å². The maximum absolute atomic E-state index is 10.6. The van der Waals surface area contributed by atoms with E-state index in [1.165, 1.54) is 12.1 Å². The summed E-state index contributed by atoms with van der Waals surface area (Å²) in [7, 11) is 0. The van der Waals surface area contributed by atoms with Crippen molar-refractivity contribution in [3.05, 3.63) is 36.9 Å². The highest BCUT2D eigenvalue weighted by molar-refractivity contribution is 5.81. The first-order valence-electron chi connectivity index (χ1n) is 3.93. The Morgan fingerprint density at radius 1 is 1.43 bits per heavy atom. The van der Waals surface area contributed by atoms with E-state index in [-0.39, 0.29) is 12.5 Å². The summed E-state index contributed by atoms with van der Waals surface area (Å²) < 4.78 is 9.62. The topological polar surface area (TPSA) is 55.8 Å². The van der Waals surface area contributed by atoms with E-state index in [1.807, 2.05) is 0 Å². The van der Waals surface area contributed by atoms with Crippen LogP contribution < -0.4 is 4.74 Å². The van der Waals surface area contributed by atoms with Crippen LogP contribution in [-0.2, 0) is 9.53 Å². The maximum Gasteiger partial charge on any atom is 0.333 e. The van der Waals surface area contributed by atoms with Crippen molar-refractivity contribution in [1.82, 2.24) is 0 Å². The first-order chi connectivity index (χ1) is 6.72. The summed E-state index contributed by atoms with van der Waals surface area (Å²) in [5, 5.41) is 8.95. The minimum atomic E-state index is -0.538. The molecule has 0 aromatic heterocycles. The molecule has 0 unspecified atom stereocenters. The lowest BCUT2D eigenvalue weighted by Crippen LogP contribution is -2.07. The van der Waals surface area contributed by atoms with Crippen molar-refractivity contribution in [1.29, 1.82) is 0 Å². The molecule has 0 heterocycles. The van der Waals surface area contributed by atoms with E-state index in [2.05, 4.69) is 11.3 Å². The molecule has 4 nitrogen and oxygen atoms in total. The van der Waals surface area contributed by atoms with Gasteiger partial charge in [-0.25, -0.2) is 4.79 Å². The van der Waals surface area contributed by atoms with Gasteiger partial charge >= 0.3 is 5.97 Å². The van der Waals surface area contributed by atoms with Gasteiger partial charge in [-0.05, 0) is 24.3 Å². The number of phenols is 1. The van der Waals surface area contributed by atoms with Crippen LogP contribution in [0.15, 0.2) is 36.9 Å². The quantitative estimate of drug-likeness (QED) is 0.448. The van der Waals surface area contributed by atoms with Crippen LogP contribution in [0, 0.1) is 0 Å². The standard InChI is InChI=1S/C10H10O4/c1-2-10(12)14-7-13-9-5-3-8(11)4-6-9/h2-6,11H,1,7H2. The van der Waals surface area contributed by atoms with Crippen LogP contribution in [0.3, 0.4) is 0 Å². The van der Waals surface area contributed by atoms with E-state index in [0.29, 0.717) is 5.75 Å². The van der Waals surface area contributed by atoms with Gasteiger partial charge in [-0.3, -0.25) is 0 Å². The van der Waals surface area contributed by atoms with Gasteiger partial charge in [-0.2, -0.15) is 0 Å².